The van der Waals surface area contributed by atoms with E-state index in [0.29, 0.717) is 24.3 Å². The summed E-state index contributed by atoms with van der Waals surface area (Å²) in [6.45, 7) is 3.67. The molecule has 0 radical (unpaired) electrons. The Morgan fingerprint density at radius 3 is 2.70 bits per heavy atom. The van der Waals surface area contributed by atoms with Crippen molar-refractivity contribution >= 4 is 15.8 Å². The average molecular weight is 300 g/mol. The molecule has 0 saturated heterocycles. The fourth-order valence-corrected chi connectivity index (χ4v) is 4.77. The molecule has 6 heteroatoms. The molecule has 0 aliphatic heterocycles. The van der Waals surface area contributed by atoms with E-state index in [1.807, 2.05) is 0 Å². The molecule has 2 atom stereocenters. The summed E-state index contributed by atoms with van der Waals surface area (Å²) in [5.41, 5.74) is 0.458. The minimum atomic E-state index is -3.29. The first kappa shape index (κ1) is 15.1. The van der Waals surface area contributed by atoms with Crippen LogP contribution in [0.5, 0.6) is 0 Å². The third-order valence-corrected chi connectivity index (χ3v) is 6.03. The number of sulfone groups is 1. The third-order valence-electron chi connectivity index (χ3n) is 3.90. The van der Waals surface area contributed by atoms with Gasteiger partial charge in [0, 0.05) is 5.56 Å². The fourth-order valence-electron chi connectivity index (χ4n) is 2.85. The van der Waals surface area contributed by atoms with Crippen molar-refractivity contribution in [2.45, 2.75) is 50.5 Å². The SMILES string of the molecule is Cc1cc(CS(=O)(=O)C2CCCC(C)C2)oc1C(=O)O. The van der Waals surface area contributed by atoms with Crippen LogP contribution in [0.3, 0.4) is 0 Å². The molecule has 1 aromatic rings. The van der Waals surface area contributed by atoms with E-state index in [4.69, 9.17) is 9.52 Å². The zero-order chi connectivity index (χ0) is 14.9. The topological polar surface area (TPSA) is 84.6 Å². The molecule has 1 N–H and O–H groups in total. The van der Waals surface area contributed by atoms with Crippen LogP contribution in [0.25, 0.3) is 0 Å². The first-order valence-electron chi connectivity index (χ1n) is 6.83. The molecule has 2 rings (SSSR count). The van der Waals surface area contributed by atoms with E-state index >= 15 is 0 Å². The van der Waals surface area contributed by atoms with Crippen LogP contribution in [-0.4, -0.2) is 24.7 Å². The van der Waals surface area contributed by atoms with Crippen molar-refractivity contribution in [3.8, 4) is 0 Å². The Labute approximate surface area is 118 Å². The quantitative estimate of drug-likeness (QED) is 0.924. The Balaban J connectivity index is 2.15. The van der Waals surface area contributed by atoms with Crippen LogP contribution >= 0.6 is 0 Å². The summed E-state index contributed by atoms with van der Waals surface area (Å²) in [4.78, 5) is 10.9. The largest absolute Gasteiger partial charge is 0.475 e. The predicted octanol–water partition coefficient (Wildman–Crippen LogP) is 2.78. The van der Waals surface area contributed by atoms with E-state index in [1.165, 1.54) is 6.07 Å². The number of rotatable bonds is 4. The highest BCUT2D eigenvalue weighted by Crippen LogP contribution is 2.30. The summed E-state index contributed by atoms with van der Waals surface area (Å²) in [5.74, 6) is -0.905. The Hall–Kier alpha value is -1.30. The molecule has 5 nitrogen and oxygen atoms in total. The van der Waals surface area contributed by atoms with Gasteiger partial charge in [-0.05, 0) is 31.7 Å². The smallest absolute Gasteiger partial charge is 0.372 e. The summed E-state index contributed by atoms with van der Waals surface area (Å²) in [6, 6.07) is 1.51. The zero-order valence-corrected chi connectivity index (χ0v) is 12.6. The van der Waals surface area contributed by atoms with Gasteiger partial charge in [-0.15, -0.1) is 0 Å². The minimum Gasteiger partial charge on any atom is -0.475 e. The fraction of sp³-hybridized carbons (Fsp3) is 0.643. The van der Waals surface area contributed by atoms with E-state index in [1.54, 1.807) is 6.92 Å². The van der Waals surface area contributed by atoms with Crippen LogP contribution in [-0.2, 0) is 15.6 Å². The first-order valence-corrected chi connectivity index (χ1v) is 8.55. The molecule has 1 aliphatic rings. The lowest BCUT2D eigenvalue weighted by atomic mass is 9.91. The molecule has 0 bridgehead atoms. The van der Waals surface area contributed by atoms with Crippen molar-refractivity contribution in [3.63, 3.8) is 0 Å². The van der Waals surface area contributed by atoms with Crippen LogP contribution in [0.4, 0.5) is 0 Å². The van der Waals surface area contributed by atoms with Gasteiger partial charge in [0.2, 0.25) is 5.76 Å². The van der Waals surface area contributed by atoms with Gasteiger partial charge < -0.3 is 9.52 Å². The summed E-state index contributed by atoms with van der Waals surface area (Å²) < 4.78 is 29.9. The maximum absolute atomic E-state index is 12.4. The number of carboxylic acid groups (broad SMARTS) is 1. The molecule has 0 aromatic carbocycles. The highest BCUT2D eigenvalue weighted by molar-refractivity contribution is 7.91. The van der Waals surface area contributed by atoms with Gasteiger partial charge in [0.1, 0.15) is 11.5 Å². The van der Waals surface area contributed by atoms with Crippen molar-refractivity contribution in [2.75, 3.05) is 0 Å². The highest BCUT2D eigenvalue weighted by Gasteiger charge is 2.31. The molecular formula is C14H20O5S. The Morgan fingerprint density at radius 2 is 2.15 bits per heavy atom. The molecule has 0 spiro atoms. The van der Waals surface area contributed by atoms with Crippen molar-refractivity contribution in [3.05, 3.63) is 23.2 Å². The molecule has 2 unspecified atom stereocenters. The maximum atomic E-state index is 12.4. The third kappa shape index (κ3) is 3.23. The summed E-state index contributed by atoms with van der Waals surface area (Å²) in [6.07, 6.45) is 3.39. The number of hydrogen-bond acceptors (Lipinski definition) is 4. The Kier molecular flexibility index (Phi) is 4.22. The molecule has 1 saturated carbocycles. The monoisotopic (exact) mass is 300 g/mol. The summed E-state index contributed by atoms with van der Waals surface area (Å²) >= 11 is 0. The molecule has 1 aromatic heterocycles. The van der Waals surface area contributed by atoms with Gasteiger partial charge in [-0.25, -0.2) is 13.2 Å². The van der Waals surface area contributed by atoms with Gasteiger partial charge in [-0.3, -0.25) is 0 Å². The van der Waals surface area contributed by atoms with Crippen molar-refractivity contribution in [1.82, 2.24) is 0 Å². The zero-order valence-electron chi connectivity index (χ0n) is 11.8. The van der Waals surface area contributed by atoms with Gasteiger partial charge in [0.15, 0.2) is 9.84 Å². The molecular weight excluding hydrogens is 280 g/mol. The Bertz CT molecular complexity index is 599. The molecule has 1 heterocycles. The number of furan rings is 1. The van der Waals surface area contributed by atoms with Crippen molar-refractivity contribution in [2.24, 2.45) is 5.92 Å². The molecule has 1 fully saturated rings. The van der Waals surface area contributed by atoms with Crippen LogP contribution in [0.1, 0.15) is 54.5 Å². The normalized spacial score (nSPS) is 23.7. The standard InChI is InChI=1S/C14H20O5S/c1-9-4-3-5-12(6-9)20(17,18)8-11-7-10(2)13(19-11)14(15)16/h7,9,12H,3-6,8H2,1-2H3,(H,15,16). The highest BCUT2D eigenvalue weighted by atomic mass is 32.2. The summed E-state index contributed by atoms with van der Waals surface area (Å²) in [7, 11) is -3.29. The lowest BCUT2D eigenvalue weighted by Crippen LogP contribution is -2.28. The number of aromatic carboxylic acids is 1. The van der Waals surface area contributed by atoms with Gasteiger partial charge >= 0.3 is 5.97 Å². The van der Waals surface area contributed by atoms with Gasteiger partial charge in [-0.2, -0.15) is 0 Å². The van der Waals surface area contributed by atoms with Crippen molar-refractivity contribution in [1.29, 1.82) is 0 Å². The van der Waals surface area contributed by atoms with Gasteiger partial charge in [-0.1, -0.05) is 19.8 Å². The van der Waals surface area contributed by atoms with Crippen LogP contribution in [0.2, 0.25) is 0 Å². The second kappa shape index (κ2) is 5.60. The number of hydrogen-bond donors (Lipinski definition) is 1. The second-order valence-corrected chi connectivity index (χ2v) is 8.01. The number of carbonyl (C=O) groups is 1. The van der Waals surface area contributed by atoms with E-state index in [-0.39, 0.29) is 22.5 Å². The van der Waals surface area contributed by atoms with E-state index in [9.17, 15) is 13.2 Å². The lowest BCUT2D eigenvalue weighted by molar-refractivity contribution is 0.0659. The molecule has 112 valence electrons. The minimum absolute atomic E-state index is 0.174. The van der Waals surface area contributed by atoms with Crippen LogP contribution < -0.4 is 0 Å². The van der Waals surface area contributed by atoms with E-state index in [2.05, 4.69) is 6.92 Å². The van der Waals surface area contributed by atoms with E-state index in [0.717, 1.165) is 12.8 Å². The van der Waals surface area contributed by atoms with Gasteiger partial charge in [0.05, 0.1) is 5.25 Å². The first-order chi connectivity index (χ1) is 9.29. The maximum Gasteiger partial charge on any atom is 0.372 e. The van der Waals surface area contributed by atoms with Gasteiger partial charge in [0.25, 0.3) is 0 Å². The average Bonchev–Trinajstić information content (AvgIpc) is 2.69. The molecule has 0 amide bonds. The Morgan fingerprint density at radius 1 is 1.45 bits per heavy atom. The number of carboxylic acids is 1. The van der Waals surface area contributed by atoms with Crippen LogP contribution in [0.15, 0.2) is 10.5 Å². The van der Waals surface area contributed by atoms with Crippen molar-refractivity contribution < 1.29 is 22.7 Å². The number of aryl methyl sites for hydroxylation is 1. The molecule has 1 aliphatic carbocycles. The van der Waals surface area contributed by atoms with Crippen LogP contribution in [0, 0.1) is 12.8 Å². The summed E-state index contributed by atoms with van der Waals surface area (Å²) in [5, 5.41) is 8.59. The second-order valence-electron chi connectivity index (χ2n) is 5.73. The predicted molar refractivity (Wildman–Crippen MR) is 74.4 cm³/mol. The molecule has 20 heavy (non-hydrogen) atoms. The lowest BCUT2D eigenvalue weighted by Gasteiger charge is -2.26. The van der Waals surface area contributed by atoms with E-state index < -0.39 is 15.8 Å².